The van der Waals surface area contributed by atoms with Gasteiger partial charge in [-0.05, 0) is 61.1 Å². The molecule has 6 aromatic rings. The zero-order chi connectivity index (χ0) is 37.7. The molecule has 0 heterocycles. The van der Waals surface area contributed by atoms with E-state index in [2.05, 4.69) is 0 Å². The fraction of sp³-hybridized carbons (Fsp3) is 0.120. The van der Waals surface area contributed by atoms with Crippen LogP contribution in [0.4, 0.5) is 0 Å². The number of rotatable bonds is 5. The van der Waals surface area contributed by atoms with Crippen LogP contribution in [0.25, 0.3) is 11.1 Å². The molecule has 2 aliphatic carbocycles. The molecule has 54 heavy (non-hydrogen) atoms. The van der Waals surface area contributed by atoms with E-state index in [0.29, 0.717) is 11.1 Å². The van der Waals surface area contributed by atoms with Crippen LogP contribution in [-0.4, -0.2) is 23.1 Å². The fourth-order valence-corrected chi connectivity index (χ4v) is 7.97. The Hall–Kier alpha value is -6.52. The van der Waals surface area contributed by atoms with Crippen molar-refractivity contribution in [3.63, 3.8) is 0 Å². The van der Waals surface area contributed by atoms with Gasteiger partial charge in [-0.15, -0.1) is 0 Å². The lowest BCUT2D eigenvalue weighted by atomic mass is 9.61. The van der Waals surface area contributed by atoms with Crippen molar-refractivity contribution in [3.8, 4) is 0 Å². The normalized spacial score (nSPS) is 16.6. The predicted octanol–water partition coefficient (Wildman–Crippen LogP) is 10.6. The number of hydrogen-bond acceptors (Lipinski definition) is 4. The largest absolute Gasteiger partial charge is 0.293 e. The summed E-state index contributed by atoms with van der Waals surface area (Å²) in [5, 5.41) is 0. The van der Waals surface area contributed by atoms with Gasteiger partial charge in [-0.3, -0.25) is 19.2 Å². The second kappa shape index (κ2) is 13.8. The molecule has 0 unspecified atom stereocenters. The first-order valence-corrected chi connectivity index (χ1v) is 18.2. The van der Waals surface area contributed by atoms with Gasteiger partial charge in [-0.1, -0.05) is 168 Å². The maximum Gasteiger partial charge on any atom is 0.191 e. The molecule has 0 radical (unpaired) electrons. The van der Waals surface area contributed by atoms with E-state index in [4.69, 9.17) is 0 Å². The number of fused-ring (bicyclic) bond motifs is 2. The summed E-state index contributed by atoms with van der Waals surface area (Å²) < 4.78 is 0. The van der Waals surface area contributed by atoms with Gasteiger partial charge in [0.1, 0.15) is 0 Å². The van der Waals surface area contributed by atoms with Crippen molar-refractivity contribution in [2.75, 3.05) is 0 Å². The molecule has 0 N–H and O–H groups in total. The molecule has 0 aromatic heterocycles. The maximum atomic E-state index is 15.4. The van der Waals surface area contributed by atoms with Crippen LogP contribution in [0.3, 0.4) is 0 Å². The Balaban J connectivity index is 1.54. The first-order chi connectivity index (χ1) is 26.1. The summed E-state index contributed by atoms with van der Waals surface area (Å²) in [6.07, 6.45) is 0. The van der Waals surface area contributed by atoms with Gasteiger partial charge in [0.05, 0.1) is 11.8 Å². The minimum absolute atomic E-state index is 0.210. The van der Waals surface area contributed by atoms with Crippen LogP contribution >= 0.6 is 0 Å². The molecular weight excluding hydrogens is 665 g/mol. The minimum atomic E-state index is -1.31. The molecule has 8 rings (SSSR count). The summed E-state index contributed by atoms with van der Waals surface area (Å²) >= 11 is 0. The van der Waals surface area contributed by atoms with Gasteiger partial charge in [0.15, 0.2) is 23.1 Å². The second-order valence-electron chi connectivity index (χ2n) is 14.5. The molecule has 4 nitrogen and oxygen atoms in total. The average molecular weight is 703 g/mol. The van der Waals surface area contributed by atoms with Crippen LogP contribution in [0.15, 0.2) is 157 Å². The van der Waals surface area contributed by atoms with Crippen LogP contribution < -0.4 is 0 Å². The van der Waals surface area contributed by atoms with Crippen molar-refractivity contribution in [3.05, 3.63) is 224 Å². The zero-order valence-electron chi connectivity index (χ0n) is 30.6. The van der Waals surface area contributed by atoms with Crippen molar-refractivity contribution >= 4 is 34.3 Å². The monoisotopic (exact) mass is 702 g/mol. The third-order valence-corrected chi connectivity index (χ3v) is 10.8. The molecule has 0 saturated carbocycles. The van der Waals surface area contributed by atoms with E-state index in [0.717, 1.165) is 44.5 Å². The number of carbonyl (C=O) groups excluding carboxylic acids is 4. The Labute approximate surface area is 315 Å². The summed E-state index contributed by atoms with van der Waals surface area (Å²) in [6, 6.07) is 45.1. The molecule has 0 fully saturated rings. The smallest absolute Gasteiger partial charge is 0.191 e. The van der Waals surface area contributed by atoms with Gasteiger partial charge >= 0.3 is 0 Å². The van der Waals surface area contributed by atoms with E-state index in [1.165, 1.54) is 0 Å². The topological polar surface area (TPSA) is 68.3 Å². The predicted molar refractivity (Wildman–Crippen MR) is 214 cm³/mol. The molecule has 0 amide bonds. The Morgan fingerprint density at radius 2 is 0.574 bits per heavy atom. The third kappa shape index (κ3) is 5.90. The first-order valence-electron chi connectivity index (χ1n) is 18.2. The molecule has 4 heteroatoms. The van der Waals surface area contributed by atoms with Gasteiger partial charge in [-0.2, -0.15) is 0 Å². The quantitative estimate of drug-likeness (QED) is 0.168. The van der Waals surface area contributed by atoms with Gasteiger partial charge in [0, 0.05) is 33.4 Å². The van der Waals surface area contributed by atoms with Crippen LogP contribution in [0.1, 0.15) is 85.9 Å². The Kier molecular flexibility index (Phi) is 8.83. The molecule has 262 valence electrons. The third-order valence-electron chi connectivity index (χ3n) is 10.8. The standard InChI is InChI=1S/C50H38O4/c1-29-13-21-33(22-14-29)41(34-23-15-30(2)16-24-34)43-45(49(53)39-11-7-5-9-37(39)47(43)51)46-44(48(52)38-10-6-8-12-40(38)50(46)54)42(35-25-17-31(3)18-26-35)36-27-19-32(4)20-28-36/h5-28,45-46H,1-4H3/t45-,46-/m1/s1. The lowest BCUT2D eigenvalue weighted by molar-refractivity contribution is 0.0766. The highest BCUT2D eigenvalue weighted by Crippen LogP contribution is 2.49. The fourth-order valence-electron chi connectivity index (χ4n) is 7.97. The van der Waals surface area contributed by atoms with E-state index < -0.39 is 11.8 Å². The second-order valence-corrected chi connectivity index (χ2v) is 14.5. The Morgan fingerprint density at radius 1 is 0.333 bits per heavy atom. The molecule has 2 atom stereocenters. The number of Topliss-reactive ketones (excluding diaryl/α,β-unsaturated/α-hetero) is 4. The number of carbonyl (C=O) groups is 4. The highest BCUT2D eigenvalue weighted by Gasteiger charge is 2.51. The van der Waals surface area contributed by atoms with E-state index in [1.54, 1.807) is 48.5 Å². The van der Waals surface area contributed by atoms with E-state index in [9.17, 15) is 0 Å². The summed E-state index contributed by atoms with van der Waals surface area (Å²) in [5.74, 6) is -4.03. The van der Waals surface area contributed by atoms with Crippen LogP contribution in [-0.2, 0) is 0 Å². The first kappa shape index (κ1) is 34.6. The maximum absolute atomic E-state index is 15.4. The molecular formula is C50H38O4. The highest BCUT2D eigenvalue weighted by molar-refractivity contribution is 6.32. The Morgan fingerprint density at radius 3 is 0.833 bits per heavy atom. The van der Waals surface area contributed by atoms with E-state index >= 15 is 19.2 Å². The van der Waals surface area contributed by atoms with Gasteiger partial charge in [0.25, 0.3) is 0 Å². The SMILES string of the molecule is Cc1ccc(C(=C2C(=O)c3ccccc3C(=O)[C@H]2[C@@H]2C(=O)c3ccccc3C(=O)C2=C(c2ccc(C)cc2)c2ccc(C)cc2)c2ccc(C)cc2)cc1. The summed E-state index contributed by atoms with van der Waals surface area (Å²) in [7, 11) is 0. The van der Waals surface area contributed by atoms with Crippen LogP contribution in [0, 0.1) is 39.5 Å². The number of allylic oxidation sites excluding steroid dienone is 2. The Bertz CT molecular complexity index is 2290. The molecule has 6 aromatic carbocycles. The number of hydrogen-bond donors (Lipinski definition) is 0. The molecule has 0 spiro atoms. The average Bonchev–Trinajstić information content (AvgIpc) is 3.19. The van der Waals surface area contributed by atoms with Gasteiger partial charge < -0.3 is 0 Å². The van der Waals surface area contributed by atoms with E-state index in [-0.39, 0.29) is 56.5 Å². The summed E-state index contributed by atoms with van der Waals surface area (Å²) in [4.78, 5) is 61.2. The number of aryl methyl sites for hydroxylation is 4. The summed E-state index contributed by atoms with van der Waals surface area (Å²) in [5.41, 5.74) is 9.71. The molecule has 2 aliphatic rings. The van der Waals surface area contributed by atoms with Crippen molar-refractivity contribution in [1.29, 1.82) is 0 Å². The van der Waals surface area contributed by atoms with Crippen molar-refractivity contribution < 1.29 is 19.2 Å². The van der Waals surface area contributed by atoms with Crippen LogP contribution in [0.5, 0.6) is 0 Å². The zero-order valence-corrected chi connectivity index (χ0v) is 30.6. The lowest BCUT2D eigenvalue weighted by Gasteiger charge is -2.37. The van der Waals surface area contributed by atoms with Gasteiger partial charge in [0.2, 0.25) is 0 Å². The number of benzene rings is 6. The highest BCUT2D eigenvalue weighted by atomic mass is 16.2. The van der Waals surface area contributed by atoms with Crippen molar-refractivity contribution in [2.45, 2.75) is 27.7 Å². The number of ketones is 4. The molecule has 0 aliphatic heterocycles. The van der Waals surface area contributed by atoms with Crippen LogP contribution in [0.2, 0.25) is 0 Å². The van der Waals surface area contributed by atoms with E-state index in [1.807, 2.05) is 125 Å². The van der Waals surface area contributed by atoms with Crippen molar-refractivity contribution in [2.24, 2.45) is 11.8 Å². The molecule has 0 saturated heterocycles. The lowest BCUT2D eigenvalue weighted by Crippen LogP contribution is -2.43. The summed E-state index contributed by atoms with van der Waals surface area (Å²) in [6.45, 7) is 7.98. The van der Waals surface area contributed by atoms with Gasteiger partial charge in [-0.25, -0.2) is 0 Å². The molecule has 0 bridgehead atoms. The van der Waals surface area contributed by atoms with Crippen molar-refractivity contribution in [1.82, 2.24) is 0 Å². The minimum Gasteiger partial charge on any atom is -0.293 e.